The molecule has 3 heterocycles. The number of pyridine rings is 1. The zero-order valence-corrected chi connectivity index (χ0v) is 14.5. The van der Waals surface area contributed by atoms with E-state index in [1.807, 2.05) is 31.0 Å². The molecule has 4 rings (SSSR count). The number of nitrogens with zero attached hydrogens (tertiary/aromatic N) is 4. The lowest BCUT2D eigenvalue weighted by atomic mass is 10.0. The average Bonchev–Trinajstić information content (AvgIpc) is 3.27. The molecule has 1 saturated heterocycles. The minimum Gasteiger partial charge on any atom is -0.329 e. The van der Waals surface area contributed by atoms with E-state index in [1.54, 1.807) is 0 Å². The van der Waals surface area contributed by atoms with Crippen LogP contribution in [-0.2, 0) is 19.5 Å². The largest absolute Gasteiger partial charge is 0.329 e. The third-order valence-corrected chi connectivity index (χ3v) is 5.00. The Morgan fingerprint density at radius 3 is 2.64 bits per heavy atom. The lowest BCUT2D eigenvalue weighted by Gasteiger charge is -2.17. The van der Waals surface area contributed by atoms with Crippen LogP contribution in [0.1, 0.15) is 23.2 Å². The molecule has 1 aromatic carbocycles. The number of aromatic nitrogens is 3. The Balaban J connectivity index is 1.35. The quantitative estimate of drug-likeness (QED) is 0.694. The maximum Gasteiger partial charge on any atom is 0.0951 e. The van der Waals surface area contributed by atoms with Gasteiger partial charge in [-0.3, -0.25) is 9.88 Å². The molecule has 1 aliphatic rings. The summed E-state index contributed by atoms with van der Waals surface area (Å²) in [5, 5.41) is 0. The van der Waals surface area contributed by atoms with Gasteiger partial charge in [-0.2, -0.15) is 0 Å². The van der Waals surface area contributed by atoms with E-state index >= 15 is 0 Å². The molecular weight excluding hydrogens is 308 g/mol. The fraction of sp³-hybridized carbons (Fsp3) is 0.333. The first kappa shape index (κ1) is 16.0. The van der Waals surface area contributed by atoms with Crippen molar-refractivity contribution in [3.05, 3.63) is 84.2 Å². The summed E-state index contributed by atoms with van der Waals surface area (Å²) in [7, 11) is 0. The van der Waals surface area contributed by atoms with E-state index < -0.39 is 0 Å². The van der Waals surface area contributed by atoms with Gasteiger partial charge in [0.15, 0.2) is 0 Å². The molecule has 1 aliphatic heterocycles. The van der Waals surface area contributed by atoms with Crippen molar-refractivity contribution in [1.29, 1.82) is 0 Å². The summed E-state index contributed by atoms with van der Waals surface area (Å²) in [5.41, 5.74) is 3.96. The Labute approximate surface area is 149 Å². The van der Waals surface area contributed by atoms with Crippen LogP contribution in [0.15, 0.2) is 67.4 Å². The molecule has 0 N–H and O–H groups in total. The monoisotopic (exact) mass is 332 g/mol. The van der Waals surface area contributed by atoms with Crippen LogP contribution in [0.25, 0.3) is 0 Å². The maximum atomic E-state index is 4.38. The molecule has 1 atom stereocenters. The van der Waals surface area contributed by atoms with Crippen LogP contribution in [0.4, 0.5) is 0 Å². The van der Waals surface area contributed by atoms with E-state index in [0.717, 1.165) is 32.0 Å². The molecule has 1 unspecified atom stereocenters. The van der Waals surface area contributed by atoms with Crippen LogP contribution in [0.2, 0.25) is 0 Å². The van der Waals surface area contributed by atoms with Crippen molar-refractivity contribution in [3.63, 3.8) is 0 Å². The topological polar surface area (TPSA) is 34.0 Å². The zero-order chi connectivity index (χ0) is 16.9. The molecule has 0 spiro atoms. The second-order valence-corrected chi connectivity index (χ2v) is 6.95. The molecular formula is C21H24N4. The van der Waals surface area contributed by atoms with E-state index in [2.05, 4.69) is 55.8 Å². The summed E-state index contributed by atoms with van der Waals surface area (Å²) < 4.78 is 2.27. The molecule has 3 aromatic rings. The third-order valence-electron chi connectivity index (χ3n) is 5.00. The Hall–Kier alpha value is -2.46. The Morgan fingerprint density at radius 1 is 0.920 bits per heavy atom. The second kappa shape index (κ2) is 7.62. The molecule has 4 nitrogen and oxygen atoms in total. The summed E-state index contributed by atoms with van der Waals surface area (Å²) in [6.45, 7) is 4.20. The van der Waals surface area contributed by atoms with Gasteiger partial charge in [0, 0.05) is 38.2 Å². The van der Waals surface area contributed by atoms with Gasteiger partial charge in [-0.05, 0) is 42.5 Å². The number of likely N-dealkylation sites (tertiary alicyclic amines) is 1. The highest BCUT2D eigenvalue weighted by Gasteiger charge is 2.23. The summed E-state index contributed by atoms with van der Waals surface area (Å²) in [6.07, 6.45) is 10.2. The SMILES string of the molecule is c1ccc(Cn2cncc2CN2CCC(Cc3cccnc3)C2)cc1. The smallest absolute Gasteiger partial charge is 0.0951 e. The number of hydrogen-bond acceptors (Lipinski definition) is 3. The minimum absolute atomic E-state index is 0.731. The van der Waals surface area contributed by atoms with E-state index in [0.29, 0.717) is 0 Å². The van der Waals surface area contributed by atoms with Crippen LogP contribution in [0.3, 0.4) is 0 Å². The van der Waals surface area contributed by atoms with E-state index in [4.69, 9.17) is 0 Å². The Kier molecular flexibility index (Phi) is 4.89. The standard InChI is InChI=1S/C21H24N4/c1-2-5-18(6-3-1)15-25-17-23-13-21(25)16-24-10-8-20(14-24)11-19-7-4-9-22-12-19/h1-7,9,12-13,17,20H,8,10-11,14-16H2. The van der Waals surface area contributed by atoms with Crippen molar-refractivity contribution in [1.82, 2.24) is 19.4 Å². The highest BCUT2D eigenvalue weighted by Crippen LogP contribution is 2.22. The van der Waals surface area contributed by atoms with Gasteiger partial charge >= 0.3 is 0 Å². The van der Waals surface area contributed by atoms with Crippen LogP contribution < -0.4 is 0 Å². The first-order valence-corrected chi connectivity index (χ1v) is 9.01. The highest BCUT2D eigenvalue weighted by atomic mass is 15.2. The molecule has 0 amide bonds. The number of hydrogen-bond donors (Lipinski definition) is 0. The van der Waals surface area contributed by atoms with Gasteiger partial charge in [-0.15, -0.1) is 0 Å². The van der Waals surface area contributed by atoms with Crippen LogP contribution >= 0.6 is 0 Å². The molecule has 0 bridgehead atoms. The van der Waals surface area contributed by atoms with Gasteiger partial charge in [0.05, 0.1) is 12.0 Å². The molecule has 2 aromatic heterocycles. The lowest BCUT2D eigenvalue weighted by molar-refractivity contribution is 0.308. The van der Waals surface area contributed by atoms with Gasteiger partial charge in [0.25, 0.3) is 0 Å². The molecule has 0 saturated carbocycles. The van der Waals surface area contributed by atoms with Gasteiger partial charge < -0.3 is 4.57 Å². The van der Waals surface area contributed by atoms with Crippen LogP contribution in [0, 0.1) is 5.92 Å². The summed E-state index contributed by atoms with van der Waals surface area (Å²) >= 11 is 0. The van der Waals surface area contributed by atoms with Gasteiger partial charge in [-0.1, -0.05) is 36.4 Å². The predicted molar refractivity (Wildman–Crippen MR) is 99.1 cm³/mol. The van der Waals surface area contributed by atoms with Gasteiger partial charge in [-0.25, -0.2) is 4.98 Å². The fourth-order valence-electron chi connectivity index (χ4n) is 3.71. The van der Waals surface area contributed by atoms with Crippen molar-refractivity contribution < 1.29 is 0 Å². The van der Waals surface area contributed by atoms with E-state index in [9.17, 15) is 0 Å². The van der Waals surface area contributed by atoms with Crippen LogP contribution in [-0.4, -0.2) is 32.5 Å². The molecule has 0 radical (unpaired) electrons. The van der Waals surface area contributed by atoms with Crippen LogP contribution in [0.5, 0.6) is 0 Å². The molecule has 4 heteroatoms. The molecule has 25 heavy (non-hydrogen) atoms. The minimum atomic E-state index is 0.731. The van der Waals surface area contributed by atoms with Crippen molar-refractivity contribution in [2.24, 2.45) is 5.92 Å². The predicted octanol–water partition coefficient (Wildman–Crippen LogP) is 3.39. The number of benzene rings is 1. The van der Waals surface area contributed by atoms with E-state index in [1.165, 1.54) is 29.8 Å². The Bertz CT molecular complexity index is 782. The number of rotatable bonds is 6. The molecule has 0 aliphatic carbocycles. The highest BCUT2D eigenvalue weighted by molar-refractivity contribution is 5.16. The first-order chi connectivity index (χ1) is 12.4. The third kappa shape index (κ3) is 4.15. The Morgan fingerprint density at radius 2 is 1.80 bits per heavy atom. The average molecular weight is 332 g/mol. The van der Waals surface area contributed by atoms with Crippen molar-refractivity contribution in [2.45, 2.75) is 25.9 Å². The fourth-order valence-corrected chi connectivity index (χ4v) is 3.71. The summed E-state index contributed by atoms with van der Waals surface area (Å²) in [5.74, 6) is 0.731. The molecule has 128 valence electrons. The van der Waals surface area contributed by atoms with Gasteiger partial charge in [0.1, 0.15) is 0 Å². The van der Waals surface area contributed by atoms with E-state index in [-0.39, 0.29) is 0 Å². The molecule has 1 fully saturated rings. The summed E-state index contributed by atoms with van der Waals surface area (Å²) in [6, 6.07) is 14.8. The van der Waals surface area contributed by atoms with Crippen molar-refractivity contribution >= 4 is 0 Å². The normalized spacial score (nSPS) is 17.8. The zero-order valence-electron chi connectivity index (χ0n) is 14.5. The summed E-state index contributed by atoms with van der Waals surface area (Å²) in [4.78, 5) is 11.2. The van der Waals surface area contributed by atoms with Gasteiger partial charge in [0.2, 0.25) is 0 Å². The lowest BCUT2D eigenvalue weighted by Crippen LogP contribution is -2.22. The second-order valence-electron chi connectivity index (χ2n) is 6.95. The number of imidazole rings is 1. The van der Waals surface area contributed by atoms with Crippen molar-refractivity contribution in [2.75, 3.05) is 13.1 Å². The maximum absolute atomic E-state index is 4.38. The first-order valence-electron chi connectivity index (χ1n) is 9.01. The van der Waals surface area contributed by atoms with Crippen molar-refractivity contribution in [3.8, 4) is 0 Å².